The summed E-state index contributed by atoms with van der Waals surface area (Å²) in [6.45, 7) is 4.55. The van der Waals surface area contributed by atoms with E-state index in [0.29, 0.717) is 0 Å². The van der Waals surface area contributed by atoms with Gasteiger partial charge in [-0.1, -0.05) is 0 Å². The molecule has 0 aliphatic rings. The van der Waals surface area contributed by atoms with Gasteiger partial charge in [0, 0.05) is 0 Å². The first-order valence-electron chi connectivity index (χ1n) is 4.39. The molecule has 2 N–H and O–H groups in total. The van der Waals surface area contributed by atoms with Gasteiger partial charge in [-0.05, 0) is 20.8 Å². The minimum atomic E-state index is -1.43. The van der Waals surface area contributed by atoms with Gasteiger partial charge in [0.15, 0.2) is 0 Å². The Bertz CT molecular complexity index is 216. The molecule has 0 radical (unpaired) electrons. The zero-order valence-electron chi connectivity index (χ0n) is 8.61. The fraction of sp³-hybridized carbons (Fsp3) is 0.778. The fourth-order valence-corrected chi connectivity index (χ4v) is 1.03. The van der Waals surface area contributed by atoms with Crippen LogP contribution in [0.25, 0.3) is 0 Å². The van der Waals surface area contributed by atoms with Crippen molar-refractivity contribution in [2.24, 2.45) is 5.92 Å². The van der Waals surface area contributed by atoms with E-state index in [1.54, 1.807) is 6.92 Å². The largest absolute Gasteiger partial charge is 0.481 e. The highest BCUT2D eigenvalue weighted by molar-refractivity contribution is 5.79. The first-order chi connectivity index (χ1) is 6.29. The van der Waals surface area contributed by atoms with Crippen molar-refractivity contribution in [2.45, 2.75) is 32.8 Å². The maximum Gasteiger partial charge on any atom is 0.310 e. The van der Waals surface area contributed by atoms with Crippen LogP contribution in [0.15, 0.2) is 0 Å². The molecule has 5 heteroatoms. The third-order valence-corrected chi connectivity index (χ3v) is 1.83. The number of hydrogen-bond acceptors (Lipinski definition) is 4. The first kappa shape index (κ1) is 12.9. The Morgan fingerprint density at radius 2 is 1.93 bits per heavy atom. The second kappa shape index (κ2) is 4.95. The lowest BCUT2D eigenvalue weighted by molar-refractivity contribution is -0.159. The zero-order chi connectivity index (χ0) is 11.4. The predicted molar refractivity (Wildman–Crippen MR) is 48.7 cm³/mol. The van der Waals surface area contributed by atoms with Gasteiger partial charge < -0.3 is 14.9 Å². The van der Waals surface area contributed by atoms with Gasteiger partial charge in [-0.15, -0.1) is 0 Å². The molecule has 0 spiro atoms. The number of ether oxygens (including phenoxy) is 1. The van der Waals surface area contributed by atoms with Crippen molar-refractivity contribution in [3.8, 4) is 0 Å². The number of carbonyl (C=O) groups is 2. The molecule has 0 heterocycles. The Hall–Kier alpha value is -1.10. The van der Waals surface area contributed by atoms with Crippen LogP contribution in [0.3, 0.4) is 0 Å². The molecule has 1 unspecified atom stereocenters. The van der Waals surface area contributed by atoms with Gasteiger partial charge >= 0.3 is 11.9 Å². The van der Waals surface area contributed by atoms with Crippen molar-refractivity contribution in [3.63, 3.8) is 0 Å². The van der Waals surface area contributed by atoms with Crippen molar-refractivity contribution < 1.29 is 24.5 Å². The second-order valence-corrected chi connectivity index (χ2v) is 3.55. The average Bonchev–Trinajstić information content (AvgIpc) is 1.98. The highest BCUT2D eigenvalue weighted by atomic mass is 16.5. The molecule has 0 fully saturated rings. The molecule has 0 rings (SSSR count). The van der Waals surface area contributed by atoms with E-state index in [2.05, 4.69) is 4.74 Å². The smallest absolute Gasteiger partial charge is 0.310 e. The third kappa shape index (κ3) is 4.23. The molecular formula is C9H16O5. The normalized spacial score (nSPS) is 13.4. The lowest BCUT2D eigenvalue weighted by Crippen LogP contribution is -2.38. The SMILES string of the molecule is CCOC(=O)CC(C(=O)O)C(C)(C)O. The van der Waals surface area contributed by atoms with E-state index in [0.717, 1.165) is 0 Å². The molecule has 5 nitrogen and oxygen atoms in total. The van der Waals surface area contributed by atoms with Crippen LogP contribution < -0.4 is 0 Å². The van der Waals surface area contributed by atoms with Gasteiger partial charge in [-0.2, -0.15) is 0 Å². The van der Waals surface area contributed by atoms with E-state index in [4.69, 9.17) is 5.11 Å². The Balaban J connectivity index is 4.40. The van der Waals surface area contributed by atoms with Gasteiger partial charge in [0.05, 0.1) is 24.5 Å². The maximum absolute atomic E-state index is 11.0. The molecule has 1 atom stereocenters. The van der Waals surface area contributed by atoms with Crippen LogP contribution >= 0.6 is 0 Å². The summed E-state index contributed by atoms with van der Waals surface area (Å²) in [7, 11) is 0. The topological polar surface area (TPSA) is 83.8 Å². The second-order valence-electron chi connectivity index (χ2n) is 3.55. The highest BCUT2D eigenvalue weighted by Crippen LogP contribution is 2.20. The van der Waals surface area contributed by atoms with Crippen molar-refractivity contribution in [3.05, 3.63) is 0 Å². The van der Waals surface area contributed by atoms with E-state index in [9.17, 15) is 14.7 Å². The molecule has 0 aromatic rings. The van der Waals surface area contributed by atoms with E-state index < -0.39 is 23.5 Å². The molecule has 0 amide bonds. The van der Waals surface area contributed by atoms with Crippen LogP contribution in [-0.2, 0) is 14.3 Å². The number of rotatable bonds is 5. The zero-order valence-corrected chi connectivity index (χ0v) is 8.61. The molecular weight excluding hydrogens is 188 g/mol. The molecule has 0 aliphatic carbocycles. The molecule has 0 bridgehead atoms. The van der Waals surface area contributed by atoms with Crippen LogP contribution in [0.1, 0.15) is 27.2 Å². The molecule has 0 saturated heterocycles. The Morgan fingerprint density at radius 1 is 1.43 bits per heavy atom. The highest BCUT2D eigenvalue weighted by Gasteiger charge is 2.35. The van der Waals surface area contributed by atoms with E-state index in [1.807, 2.05) is 0 Å². The average molecular weight is 204 g/mol. The van der Waals surface area contributed by atoms with Crippen LogP contribution in [0.2, 0.25) is 0 Å². The minimum Gasteiger partial charge on any atom is -0.481 e. The Kier molecular flexibility index (Phi) is 4.56. The van der Waals surface area contributed by atoms with Gasteiger partial charge in [-0.3, -0.25) is 9.59 Å². The van der Waals surface area contributed by atoms with Gasteiger partial charge in [-0.25, -0.2) is 0 Å². The number of carboxylic acids is 1. The summed E-state index contributed by atoms with van der Waals surface area (Å²) in [4.78, 5) is 21.7. The number of hydrogen-bond donors (Lipinski definition) is 2. The number of carboxylic acid groups (broad SMARTS) is 1. The molecule has 0 aliphatic heterocycles. The summed E-state index contributed by atoms with van der Waals surface area (Å²) in [6.07, 6.45) is -0.313. The Labute approximate surface area is 82.7 Å². The molecule has 0 saturated carbocycles. The summed E-state index contributed by atoms with van der Waals surface area (Å²) < 4.78 is 4.60. The van der Waals surface area contributed by atoms with E-state index in [-0.39, 0.29) is 13.0 Å². The van der Waals surface area contributed by atoms with Crippen molar-refractivity contribution in [1.82, 2.24) is 0 Å². The fourth-order valence-electron chi connectivity index (χ4n) is 1.03. The summed E-state index contributed by atoms with van der Waals surface area (Å²) in [5.74, 6) is -2.95. The Morgan fingerprint density at radius 3 is 2.21 bits per heavy atom. The van der Waals surface area contributed by atoms with Crippen molar-refractivity contribution in [1.29, 1.82) is 0 Å². The van der Waals surface area contributed by atoms with Crippen LogP contribution in [-0.4, -0.2) is 34.4 Å². The van der Waals surface area contributed by atoms with Gasteiger partial charge in [0.1, 0.15) is 0 Å². The number of esters is 1. The summed E-state index contributed by atoms with van der Waals surface area (Å²) in [5, 5.41) is 18.2. The molecule has 0 aromatic carbocycles. The van der Waals surface area contributed by atoms with E-state index >= 15 is 0 Å². The number of aliphatic hydroxyl groups is 1. The summed E-state index contributed by atoms with van der Waals surface area (Å²) >= 11 is 0. The monoisotopic (exact) mass is 204 g/mol. The lowest BCUT2D eigenvalue weighted by Gasteiger charge is -2.24. The van der Waals surface area contributed by atoms with Crippen LogP contribution in [0, 0.1) is 5.92 Å². The maximum atomic E-state index is 11.0. The summed E-state index contributed by atoms with van der Waals surface area (Å²) in [5.41, 5.74) is -1.43. The van der Waals surface area contributed by atoms with E-state index in [1.165, 1.54) is 13.8 Å². The third-order valence-electron chi connectivity index (χ3n) is 1.83. The van der Waals surface area contributed by atoms with Crippen molar-refractivity contribution in [2.75, 3.05) is 6.61 Å². The molecule has 14 heavy (non-hydrogen) atoms. The lowest BCUT2D eigenvalue weighted by atomic mass is 9.88. The van der Waals surface area contributed by atoms with Crippen molar-refractivity contribution >= 4 is 11.9 Å². The van der Waals surface area contributed by atoms with Crippen LogP contribution in [0.5, 0.6) is 0 Å². The van der Waals surface area contributed by atoms with Gasteiger partial charge in [0.2, 0.25) is 0 Å². The van der Waals surface area contributed by atoms with Crippen LogP contribution in [0.4, 0.5) is 0 Å². The molecule has 82 valence electrons. The first-order valence-corrected chi connectivity index (χ1v) is 4.39. The van der Waals surface area contributed by atoms with Gasteiger partial charge in [0.25, 0.3) is 0 Å². The quantitative estimate of drug-likeness (QED) is 0.634. The minimum absolute atomic E-state index is 0.205. The predicted octanol–water partition coefficient (Wildman–Crippen LogP) is 0.411. The standard InChI is InChI=1S/C9H16O5/c1-4-14-7(10)5-6(8(11)12)9(2,3)13/h6,13H,4-5H2,1-3H3,(H,11,12). The number of aliphatic carboxylic acids is 1. The molecule has 0 aromatic heterocycles. The number of carbonyl (C=O) groups excluding carboxylic acids is 1. The summed E-state index contributed by atoms with van der Waals surface area (Å²) in [6, 6.07) is 0.